The molecule has 1 fully saturated rings. The number of hydrogen-bond acceptors (Lipinski definition) is 2. The quantitative estimate of drug-likeness (QED) is 0.737. The summed E-state index contributed by atoms with van der Waals surface area (Å²) in [5.74, 6) is 1.05. The summed E-state index contributed by atoms with van der Waals surface area (Å²) in [6, 6.07) is 17.6. The lowest BCUT2D eigenvalue weighted by molar-refractivity contribution is 0.0983. The summed E-state index contributed by atoms with van der Waals surface area (Å²) < 4.78 is 5.68. The first-order valence-corrected chi connectivity index (χ1v) is 7.15. The summed E-state index contributed by atoms with van der Waals surface area (Å²) in [6.45, 7) is 0. The van der Waals surface area contributed by atoms with Gasteiger partial charge in [0.15, 0.2) is 5.78 Å². The van der Waals surface area contributed by atoms with E-state index in [9.17, 15) is 4.79 Å². The zero-order valence-corrected chi connectivity index (χ0v) is 11.4. The third-order valence-corrected chi connectivity index (χ3v) is 3.49. The molecular formula is C18H18O2. The van der Waals surface area contributed by atoms with E-state index in [1.165, 1.54) is 5.56 Å². The largest absolute Gasteiger partial charge is 0.490 e. The van der Waals surface area contributed by atoms with Gasteiger partial charge in [-0.2, -0.15) is 0 Å². The molecule has 0 spiro atoms. The van der Waals surface area contributed by atoms with Crippen LogP contribution >= 0.6 is 0 Å². The molecule has 0 amide bonds. The first-order valence-electron chi connectivity index (χ1n) is 7.15. The number of ketones is 1. The van der Waals surface area contributed by atoms with E-state index in [2.05, 4.69) is 12.1 Å². The van der Waals surface area contributed by atoms with Gasteiger partial charge in [-0.1, -0.05) is 30.3 Å². The number of benzene rings is 2. The molecule has 0 atom stereocenters. The van der Waals surface area contributed by atoms with Crippen LogP contribution in [0.25, 0.3) is 0 Å². The zero-order valence-electron chi connectivity index (χ0n) is 11.4. The van der Waals surface area contributed by atoms with E-state index in [0.29, 0.717) is 12.5 Å². The predicted molar refractivity (Wildman–Crippen MR) is 79.2 cm³/mol. The maximum Gasteiger partial charge on any atom is 0.163 e. The van der Waals surface area contributed by atoms with Gasteiger partial charge in [-0.25, -0.2) is 0 Å². The monoisotopic (exact) mass is 266 g/mol. The Bertz CT molecular complexity index is 568. The van der Waals surface area contributed by atoms with Gasteiger partial charge in [0, 0.05) is 12.0 Å². The van der Waals surface area contributed by atoms with Gasteiger partial charge in [-0.3, -0.25) is 4.79 Å². The van der Waals surface area contributed by atoms with Gasteiger partial charge in [0.05, 0.1) is 6.10 Å². The normalized spacial score (nSPS) is 14.0. The lowest BCUT2D eigenvalue weighted by Gasteiger charge is -2.05. The molecule has 2 aromatic rings. The van der Waals surface area contributed by atoms with Gasteiger partial charge in [0.25, 0.3) is 0 Å². The summed E-state index contributed by atoms with van der Waals surface area (Å²) in [6.07, 6.45) is 4.04. The van der Waals surface area contributed by atoms with Crippen LogP contribution in [0.4, 0.5) is 0 Å². The molecule has 2 heteroatoms. The number of carbonyl (C=O) groups is 1. The second-order valence-electron chi connectivity index (χ2n) is 5.25. The molecule has 2 aromatic carbocycles. The van der Waals surface area contributed by atoms with E-state index in [4.69, 9.17) is 4.74 Å². The van der Waals surface area contributed by atoms with Crippen LogP contribution in [0.3, 0.4) is 0 Å². The summed E-state index contributed by atoms with van der Waals surface area (Å²) in [5.41, 5.74) is 1.97. The van der Waals surface area contributed by atoms with Crippen molar-refractivity contribution in [3.8, 4) is 5.75 Å². The Morgan fingerprint density at radius 1 is 1.00 bits per heavy atom. The summed E-state index contributed by atoms with van der Waals surface area (Å²) in [4.78, 5) is 12.1. The molecule has 1 aliphatic rings. The van der Waals surface area contributed by atoms with Crippen LogP contribution in [0.1, 0.15) is 35.2 Å². The molecule has 0 heterocycles. The molecule has 0 N–H and O–H groups in total. The van der Waals surface area contributed by atoms with E-state index in [-0.39, 0.29) is 5.78 Å². The minimum absolute atomic E-state index is 0.187. The molecular weight excluding hydrogens is 248 g/mol. The van der Waals surface area contributed by atoms with Crippen molar-refractivity contribution in [1.29, 1.82) is 0 Å². The summed E-state index contributed by atoms with van der Waals surface area (Å²) in [7, 11) is 0. The molecule has 0 aromatic heterocycles. The average Bonchev–Trinajstić information content (AvgIpc) is 3.31. The van der Waals surface area contributed by atoms with E-state index in [1.807, 2.05) is 42.5 Å². The van der Waals surface area contributed by atoms with Crippen molar-refractivity contribution in [2.75, 3.05) is 0 Å². The lowest BCUT2D eigenvalue weighted by atomic mass is 10.0. The van der Waals surface area contributed by atoms with Crippen LogP contribution in [-0.4, -0.2) is 11.9 Å². The fourth-order valence-electron chi connectivity index (χ4n) is 2.14. The lowest BCUT2D eigenvalue weighted by Crippen LogP contribution is -2.02. The minimum Gasteiger partial charge on any atom is -0.490 e. The Kier molecular flexibility index (Phi) is 3.82. The Hall–Kier alpha value is -2.09. The molecule has 20 heavy (non-hydrogen) atoms. The minimum atomic E-state index is 0.187. The van der Waals surface area contributed by atoms with Crippen LogP contribution in [0.2, 0.25) is 0 Å². The van der Waals surface area contributed by atoms with Crippen molar-refractivity contribution in [3.63, 3.8) is 0 Å². The van der Waals surface area contributed by atoms with Crippen molar-refractivity contribution in [3.05, 3.63) is 65.7 Å². The number of ether oxygens (including phenoxy) is 1. The molecule has 0 saturated heterocycles. The number of carbonyl (C=O) groups excluding carboxylic acids is 1. The molecule has 102 valence electrons. The first-order chi connectivity index (χ1) is 9.81. The fraction of sp³-hybridized carbons (Fsp3) is 0.278. The molecule has 0 bridgehead atoms. The third-order valence-electron chi connectivity index (χ3n) is 3.49. The van der Waals surface area contributed by atoms with Gasteiger partial charge in [-0.15, -0.1) is 0 Å². The van der Waals surface area contributed by atoms with Crippen molar-refractivity contribution in [1.82, 2.24) is 0 Å². The molecule has 1 saturated carbocycles. The van der Waals surface area contributed by atoms with Gasteiger partial charge in [0.1, 0.15) is 5.75 Å². The number of rotatable bonds is 6. The molecule has 0 aliphatic heterocycles. The Balaban J connectivity index is 1.56. The van der Waals surface area contributed by atoms with E-state index in [0.717, 1.165) is 30.6 Å². The second kappa shape index (κ2) is 5.91. The van der Waals surface area contributed by atoms with Gasteiger partial charge >= 0.3 is 0 Å². The van der Waals surface area contributed by atoms with Gasteiger partial charge < -0.3 is 4.74 Å². The van der Waals surface area contributed by atoms with Gasteiger partial charge in [-0.05, 0) is 49.1 Å². The smallest absolute Gasteiger partial charge is 0.163 e. The van der Waals surface area contributed by atoms with E-state index >= 15 is 0 Å². The van der Waals surface area contributed by atoms with Gasteiger partial charge in [0.2, 0.25) is 0 Å². The van der Waals surface area contributed by atoms with Crippen molar-refractivity contribution in [2.24, 2.45) is 0 Å². The molecule has 2 nitrogen and oxygen atoms in total. The Morgan fingerprint density at radius 2 is 1.70 bits per heavy atom. The highest BCUT2D eigenvalue weighted by atomic mass is 16.5. The molecule has 0 unspecified atom stereocenters. The third kappa shape index (κ3) is 3.47. The Labute approximate surface area is 119 Å². The highest BCUT2D eigenvalue weighted by Gasteiger charge is 2.23. The van der Waals surface area contributed by atoms with Crippen molar-refractivity contribution < 1.29 is 9.53 Å². The number of Topliss-reactive ketones (excluding diaryl/α,β-unsaturated/α-hetero) is 1. The van der Waals surface area contributed by atoms with E-state index < -0.39 is 0 Å². The predicted octanol–water partition coefficient (Wildman–Crippen LogP) is 4.04. The standard InChI is InChI=1S/C18H18O2/c19-18(13-6-14-4-2-1-3-5-14)15-7-9-16(10-8-15)20-17-11-12-17/h1-5,7-10,17H,6,11-13H2. The highest BCUT2D eigenvalue weighted by Crippen LogP contribution is 2.26. The molecule has 1 aliphatic carbocycles. The first kappa shape index (κ1) is 12.9. The molecule has 3 rings (SSSR count). The zero-order chi connectivity index (χ0) is 13.8. The van der Waals surface area contributed by atoms with E-state index in [1.54, 1.807) is 0 Å². The SMILES string of the molecule is O=C(CCc1ccccc1)c1ccc(OC2CC2)cc1. The van der Waals surface area contributed by atoms with Crippen LogP contribution in [0.15, 0.2) is 54.6 Å². The molecule has 0 radical (unpaired) electrons. The van der Waals surface area contributed by atoms with Crippen LogP contribution in [-0.2, 0) is 6.42 Å². The van der Waals surface area contributed by atoms with Crippen LogP contribution in [0.5, 0.6) is 5.75 Å². The topological polar surface area (TPSA) is 26.3 Å². The summed E-state index contributed by atoms with van der Waals surface area (Å²) in [5, 5.41) is 0. The summed E-state index contributed by atoms with van der Waals surface area (Å²) >= 11 is 0. The number of hydrogen-bond donors (Lipinski definition) is 0. The maximum atomic E-state index is 12.1. The van der Waals surface area contributed by atoms with Crippen molar-refractivity contribution in [2.45, 2.75) is 31.8 Å². The number of aryl methyl sites for hydroxylation is 1. The fourth-order valence-corrected chi connectivity index (χ4v) is 2.14. The highest BCUT2D eigenvalue weighted by molar-refractivity contribution is 5.96. The second-order valence-corrected chi connectivity index (χ2v) is 5.25. The average molecular weight is 266 g/mol. The van der Waals surface area contributed by atoms with Crippen molar-refractivity contribution >= 4 is 5.78 Å². The maximum absolute atomic E-state index is 12.1. The van der Waals surface area contributed by atoms with Crippen LogP contribution in [0, 0.1) is 0 Å². The van der Waals surface area contributed by atoms with Crippen LogP contribution < -0.4 is 4.74 Å². The Morgan fingerprint density at radius 3 is 2.35 bits per heavy atom.